The molecule has 4 aromatic rings. The highest BCUT2D eigenvalue weighted by Crippen LogP contribution is 2.45. The molecule has 3 atom stereocenters. The zero-order chi connectivity index (χ0) is 29.1. The molecule has 1 heterocycles. The lowest BCUT2D eigenvalue weighted by Crippen LogP contribution is -2.41. The maximum Gasteiger partial charge on any atom is 0.410 e. The number of carbonyl (C=O) groups is 1. The van der Waals surface area contributed by atoms with Gasteiger partial charge >= 0.3 is 6.09 Å². The molecule has 1 amide bonds. The van der Waals surface area contributed by atoms with E-state index in [1.165, 1.54) is 11.1 Å². The standard InChI is InChI=1S/C36H41NO4/c1-24-13-11-19-31(34(24)39-6)32-23-27(40-33-20-10-9-17-30(32)33)21-22-37(35(38)41-36(3,4)5)25(2)28-18-12-15-26-14-7-8-16-29(26)28/h7-20,25,27,32H,21-23H2,1-6H3. The number of para-hydroxylation sites is 2. The van der Waals surface area contributed by atoms with Gasteiger partial charge in [-0.3, -0.25) is 0 Å². The van der Waals surface area contributed by atoms with Gasteiger partial charge in [-0.1, -0.05) is 78.9 Å². The van der Waals surface area contributed by atoms with Crippen molar-refractivity contribution in [1.82, 2.24) is 4.90 Å². The summed E-state index contributed by atoms with van der Waals surface area (Å²) in [5, 5.41) is 2.30. The van der Waals surface area contributed by atoms with Crippen LogP contribution < -0.4 is 9.47 Å². The van der Waals surface area contributed by atoms with E-state index in [1.807, 2.05) is 49.9 Å². The number of rotatable bonds is 7. The molecule has 0 radical (unpaired) electrons. The topological polar surface area (TPSA) is 48.0 Å². The Morgan fingerprint density at radius 3 is 2.41 bits per heavy atom. The number of ether oxygens (including phenoxy) is 3. The van der Waals surface area contributed by atoms with Gasteiger partial charge in [-0.25, -0.2) is 4.79 Å². The molecule has 1 aliphatic heterocycles. The Morgan fingerprint density at radius 1 is 0.951 bits per heavy atom. The van der Waals surface area contributed by atoms with Gasteiger partial charge in [0.2, 0.25) is 0 Å². The molecule has 0 fully saturated rings. The zero-order valence-electron chi connectivity index (χ0n) is 25.0. The second kappa shape index (κ2) is 11.9. The summed E-state index contributed by atoms with van der Waals surface area (Å²) < 4.78 is 18.3. The number of amides is 1. The lowest BCUT2D eigenvalue weighted by Gasteiger charge is -2.36. The minimum Gasteiger partial charge on any atom is -0.496 e. The van der Waals surface area contributed by atoms with Gasteiger partial charge in [0.05, 0.1) is 13.2 Å². The van der Waals surface area contributed by atoms with E-state index in [0.717, 1.165) is 39.8 Å². The third-order valence-corrected chi connectivity index (χ3v) is 7.97. The van der Waals surface area contributed by atoms with Crippen LogP contribution in [0, 0.1) is 6.92 Å². The van der Waals surface area contributed by atoms with E-state index < -0.39 is 5.60 Å². The summed E-state index contributed by atoms with van der Waals surface area (Å²) in [6, 6.07) is 29.0. The van der Waals surface area contributed by atoms with E-state index in [4.69, 9.17) is 14.2 Å². The van der Waals surface area contributed by atoms with Gasteiger partial charge in [-0.15, -0.1) is 0 Å². The second-order valence-corrected chi connectivity index (χ2v) is 12.0. The largest absolute Gasteiger partial charge is 0.496 e. The predicted octanol–water partition coefficient (Wildman–Crippen LogP) is 8.83. The second-order valence-electron chi connectivity index (χ2n) is 12.0. The monoisotopic (exact) mass is 551 g/mol. The van der Waals surface area contributed by atoms with Crippen LogP contribution in [0.15, 0.2) is 84.9 Å². The van der Waals surface area contributed by atoms with E-state index in [2.05, 4.69) is 74.5 Å². The van der Waals surface area contributed by atoms with Crippen molar-refractivity contribution in [3.05, 3.63) is 107 Å². The fraction of sp³-hybridized carbons (Fsp3) is 0.361. The summed E-state index contributed by atoms with van der Waals surface area (Å²) in [5.41, 5.74) is 3.96. The average molecular weight is 552 g/mol. The van der Waals surface area contributed by atoms with Crippen LogP contribution in [0.5, 0.6) is 11.5 Å². The molecule has 5 nitrogen and oxygen atoms in total. The molecule has 0 saturated carbocycles. The predicted molar refractivity (Wildman–Crippen MR) is 165 cm³/mol. The highest BCUT2D eigenvalue weighted by atomic mass is 16.6. The minimum atomic E-state index is -0.596. The summed E-state index contributed by atoms with van der Waals surface area (Å²) >= 11 is 0. The molecule has 5 rings (SSSR count). The van der Waals surface area contributed by atoms with Crippen molar-refractivity contribution < 1.29 is 19.0 Å². The van der Waals surface area contributed by atoms with Crippen LogP contribution in [0.4, 0.5) is 4.79 Å². The van der Waals surface area contributed by atoms with Crippen LogP contribution in [-0.4, -0.2) is 36.4 Å². The fourth-order valence-corrected chi connectivity index (χ4v) is 6.02. The molecule has 0 N–H and O–H groups in total. The van der Waals surface area contributed by atoms with E-state index in [-0.39, 0.29) is 24.2 Å². The lowest BCUT2D eigenvalue weighted by molar-refractivity contribution is 0.0142. The smallest absolute Gasteiger partial charge is 0.410 e. The molecule has 214 valence electrons. The third kappa shape index (κ3) is 6.19. The fourth-order valence-electron chi connectivity index (χ4n) is 6.02. The summed E-state index contributed by atoms with van der Waals surface area (Å²) in [4.78, 5) is 15.5. The molecule has 0 spiro atoms. The summed E-state index contributed by atoms with van der Waals surface area (Å²) in [6.07, 6.45) is 1.07. The SMILES string of the molecule is COc1c(C)cccc1C1CC(CCN(C(=O)OC(C)(C)C)C(C)c2cccc3ccccc23)Oc2ccccc21. The Bertz CT molecular complexity index is 1520. The van der Waals surface area contributed by atoms with Crippen molar-refractivity contribution >= 4 is 16.9 Å². The van der Waals surface area contributed by atoms with E-state index in [9.17, 15) is 4.79 Å². The first kappa shape index (κ1) is 28.5. The molecule has 1 aliphatic rings. The molecule has 0 aliphatic carbocycles. The van der Waals surface area contributed by atoms with Gasteiger partial charge in [0, 0.05) is 30.0 Å². The molecule has 0 saturated heterocycles. The van der Waals surface area contributed by atoms with Crippen LogP contribution in [0.2, 0.25) is 0 Å². The third-order valence-electron chi connectivity index (χ3n) is 7.97. The van der Waals surface area contributed by atoms with Crippen LogP contribution in [0.3, 0.4) is 0 Å². The molecular weight excluding hydrogens is 510 g/mol. The lowest BCUT2D eigenvalue weighted by atomic mass is 9.82. The Hall–Kier alpha value is -3.99. The van der Waals surface area contributed by atoms with Crippen LogP contribution in [0.1, 0.15) is 74.8 Å². The number of benzene rings is 4. The van der Waals surface area contributed by atoms with Crippen LogP contribution >= 0.6 is 0 Å². The minimum absolute atomic E-state index is 0.0789. The van der Waals surface area contributed by atoms with E-state index in [0.29, 0.717) is 13.0 Å². The van der Waals surface area contributed by atoms with Crippen molar-refractivity contribution in [2.75, 3.05) is 13.7 Å². The Balaban J connectivity index is 1.44. The number of hydrogen-bond donors (Lipinski definition) is 0. The number of carbonyl (C=O) groups excluding carboxylic acids is 1. The van der Waals surface area contributed by atoms with Gasteiger partial charge in [0.1, 0.15) is 23.2 Å². The van der Waals surface area contributed by atoms with Crippen LogP contribution in [0.25, 0.3) is 10.8 Å². The number of aryl methyl sites for hydroxylation is 1. The molecular formula is C36H41NO4. The van der Waals surface area contributed by atoms with E-state index in [1.54, 1.807) is 7.11 Å². The molecule has 0 bridgehead atoms. The highest BCUT2D eigenvalue weighted by Gasteiger charge is 2.33. The van der Waals surface area contributed by atoms with Gasteiger partial charge < -0.3 is 19.1 Å². The zero-order valence-corrected chi connectivity index (χ0v) is 25.0. The number of nitrogens with zero attached hydrogens (tertiary/aromatic N) is 1. The maximum absolute atomic E-state index is 13.6. The molecule has 0 aromatic heterocycles. The Morgan fingerprint density at radius 2 is 1.63 bits per heavy atom. The van der Waals surface area contributed by atoms with Gasteiger partial charge in [-0.2, -0.15) is 0 Å². The molecule has 4 aromatic carbocycles. The maximum atomic E-state index is 13.6. The van der Waals surface area contributed by atoms with Crippen molar-refractivity contribution in [2.45, 2.75) is 71.1 Å². The first-order valence-electron chi connectivity index (χ1n) is 14.5. The summed E-state index contributed by atoms with van der Waals surface area (Å²) in [6.45, 7) is 10.4. The number of methoxy groups -OCH3 is 1. The van der Waals surface area contributed by atoms with Gasteiger partial charge in [0.15, 0.2) is 0 Å². The summed E-state index contributed by atoms with van der Waals surface area (Å²) in [7, 11) is 1.74. The molecule has 41 heavy (non-hydrogen) atoms. The molecule has 3 unspecified atom stereocenters. The first-order valence-corrected chi connectivity index (χ1v) is 14.5. The number of fused-ring (bicyclic) bond motifs is 2. The van der Waals surface area contributed by atoms with Crippen LogP contribution in [-0.2, 0) is 4.74 Å². The Labute approximate surface area is 244 Å². The van der Waals surface area contributed by atoms with Gasteiger partial charge in [0.25, 0.3) is 0 Å². The van der Waals surface area contributed by atoms with Crippen molar-refractivity contribution in [3.8, 4) is 11.5 Å². The normalized spacial score (nSPS) is 17.3. The van der Waals surface area contributed by atoms with Crippen molar-refractivity contribution in [2.24, 2.45) is 0 Å². The Kier molecular flexibility index (Phi) is 8.25. The van der Waals surface area contributed by atoms with E-state index >= 15 is 0 Å². The quantitative estimate of drug-likeness (QED) is 0.230. The van der Waals surface area contributed by atoms with Crippen molar-refractivity contribution in [3.63, 3.8) is 0 Å². The number of hydrogen-bond acceptors (Lipinski definition) is 4. The highest BCUT2D eigenvalue weighted by molar-refractivity contribution is 5.86. The average Bonchev–Trinajstić information content (AvgIpc) is 2.95. The first-order chi connectivity index (χ1) is 19.7. The van der Waals surface area contributed by atoms with Gasteiger partial charge in [-0.05, 0) is 69.0 Å². The summed E-state index contributed by atoms with van der Waals surface area (Å²) in [5.74, 6) is 1.95. The van der Waals surface area contributed by atoms with Crippen molar-refractivity contribution in [1.29, 1.82) is 0 Å². The molecule has 5 heteroatoms.